The topological polar surface area (TPSA) is 39.2 Å². The van der Waals surface area contributed by atoms with Crippen molar-refractivity contribution in [2.45, 2.75) is 6.42 Å². The fourth-order valence-corrected chi connectivity index (χ4v) is 2.28. The van der Waals surface area contributed by atoms with E-state index in [4.69, 9.17) is 11.6 Å². The number of esters is 1. The molecule has 0 N–H and O–H groups in total. The number of methoxy groups -OCH3 is 1. The molecule has 0 saturated heterocycles. The van der Waals surface area contributed by atoms with Crippen molar-refractivity contribution in [2.24, 2.45) is 0 Å². The molecule has 1 aromatic carbocycles. The molecule has 2 rings (SSSR count). The van der Waals surface area contributed by atoms with E-state index in [-0.39, 0.29) is 12.4 Å². The Morgan fingerprint density at radius 1 is 1.60 bits per heavy atom. The Labute approximate surface area is 95.8 Å². The van der Waals surface area contributed by atoms with Gasteiger partial charge in [0.25, 0.3) is 0 Å². The predicted molar refractivity (Wildman–Crippen MR) is 60.4 cm³/mol. The number of carbonyl (C=O) groups excluding carboxylic acids is 1. The maximum atomic E-state index is 11.1. The van der Waals surface area contributed by atoms with E-state index in [1.54, 1.807) is 12.1 Å². The molecule has 1 heterocycles. The van der Waals surface area contributed by atoms with E-state index in [1.807, 2.05) is 6.07 Å². The minimum Gasteiger partial charge on any atom is -0.469 e. The lowest BCUT2D eigenvalue weighted by Crippen LogP contribution is -2.02. The van der Waals surface area contributed by atoms with Crippen LogP contribution in [-0.2, 0) is 16.0 Å². The first-order chi connectivity index (χ1) is 7.20. The molecule has 0 unspecified atom stereocenters. The standard InChI is InChI=1S/C10H8ClNO2S/c1-14-10(13)5-9-7-3-2-6(11)4-8(7)12-15-9/h2-4H,5H2,1H3. The van der Waals surface area contributed by atoms with E-state index >= 15 is 0 Å². The summed E-state index contributed by atoms with van der Waals surface area (Å²) < 4.78 is 8.83. The first-order valence-electron chi connectivity index (χ1n) is 4.31. The number of ether oxygens (including phenoxy) is 1. The summed E-state index contributed by atoms with van der Waals surface area (Å²) in [5.41, 5.74) is 0.825. The summed E-state index contributed by atoms with van der Waals surface area (Å²) in [5, 5.41) is 1.62. The van der Waals surface area contributed by atoms with E-state index in [2.05, 4.69) is 9.11 Å². The summed E-state index contributed by atoms with van der Waals surface area (Å²) in [6.07, 6.45) is 0.263. The van der Waals surface area contributed by atoms with Gasteiger partial charge < -0.3 is 4.74 Å². The number of hydrogen-bond donors (Lipinski definition) is 0. The molecule has 1 aromatic heterocycles. The van der Waals surface area contributed by atoms with E-state index < -0.39 is 0 Å². The number of aromatic nitrogens is 1. The molecule has 0 aliphatic carbocycles. The van der Waals surface area contributed by atoms with Gasteiger partial charge >= 0.3 is 5.97 Å². The Kier molecular flexibility index (Phi) is 2.88. The molecule has 0 radical (unpaired) electrons. The van der Waals surface area contributed by atoms with Crippen molar-refractivity contribution in [1.29, 1.82) is 0 Å². The minimum absolute atomic E-state index is 0.254. The average molecular weight is 242 g/mol. The van der Waals surface area contributed by atoms with Crippen LogP contribution in [0.2, 0.25) is 5.02 Å². The van der Waals surface area contributed by atoms with Crippen LogP contribution in [0.1, 0.15) is 4.88 Å². The third-order valence-electron chi connectivity index (χ3n) is 2.05. The summed E-state index contributed by atoms with van der Waals surface area (Å²) in [5.74, 6) is -0.254. The summed E-state index contributed by atoms with van der Waals surface area (Å²) in [6.45, 7) is 0. The van der Waals surface area contributed by atoms with Crippen LogP contribution in [0.3, 0.4) is 0 Å². The van der Waals surface area contributed by atoms with Gasteiger partial charge in [-0.3, -0.25) is 4.79 Å². The zero-order chi connectivity index (χ0) is 10.8. The summed E-state index contributed by atoms with van der Waals surface area (Å²) in [7, 11) is 1.38. The second kappa shape index (κ2) is 4.16. The summed E-state index contributed by atoms with van der Waals surface area (Å²) >= 11 is 7.14. The lowest BCUT2D eigenvalue weighted by atomic mass is 10.2. The third kappa shape index (κ3) is 2.11. The maximum Gasteiger partial charge on any atom is 0.310 e. The molecule has 0 aliphatic rings. The van der Waals surface area contributed by atoms with Crippen LogP contribution in [0.25, 0.3) is 10.9 Å². The van der Waals surface area contributed by atoms with E-state index in [9.17, 15) is 4.79 Å². The molecule has 0 fully saturated rings. The molecule has 0 bridgehead atoms. The van der Waals surface area contributed by atoms with Crippen LogP contribution < -0.4 is 0 Å². The summed E-state index contributed by atoms with van der Waals surface area (Å²) in [4.78, 5) is 12.0. The molecular formula is C10H8ClNO2S. The van der Waals surface area contributed by atoms with E-state index in [0.717, 1.165) is 15.8 Å². The number of carbonyl (C=O) groups is 1. The van der Waals surface area contributed by atoms with Gasteiger partial charge in [0.15, 0.2) is 0 Å². The smallest absolute Gasteiger partial charge is 0.310 e. The second-order valence-electron chi connectivity index (χ2n) is 3.02. The molecule has 0 spiro atoms. The Morgan fingerprint density at radius 3 is 3.13 bits per heavy atom. The van der Waals surface area contributed by atoms with Crippen molar-refractivity contribution in [3.05, 3.63) is 28.1 Å². The van der Waals surface area contributed by atoms with Crippen LogP contribution >= 0.6 is 23.1 Å². The van der Waals surface area contributed by atoms with Gasteiger partial charge in [-0.2, -0.15) is 4.37 Å². The number of benzene rings is 1. The maximum absolute atomic E-state index is 11.1. The quantitative estimate of drug-likeness (QED) is 0.759. The third-order valence-corrected chi connectivity index (χ3v) is 3.15. The fourth-order valence-electron chi connectivity index (χ4n) is 1.30. The highest BCUT2D eigenvalue weighted by Crippen LogP contribution is 2.25. The van der Waals surface area contributed by atoms with Crippen molar-refractivity contribution >= 4 is 40.0 Å². The van der Waals surface area contributed by atoms with Gasteiger partial charge in [0, 0.05) is 15.3 Å². The SMILES string of the molecule is COC(=O)Cc1snc2cc(Cl)ccc12. The zero-order valence-electron chi connectivity index (χ0n) is 7.99. The Balaban J connectivity index is 2.41. The molecule has 0 atom stereocenters. The Morgan fingerprint density at radius 2 is 2.40 bits per heavy atom. The van der Waals surface area contributed by atoms with Gasteiger partial charge in [-0.1, -0.05) is 17.7 Å². The number of halogens is 1. The number of hydrogen-bond acceptors (Lipinski definition) is 4. The predicted octanol–water partition coefficient (Wildman–Crippen LogP) is 2.67. The molecule has 15 heavy (non-hydrogen) atoms. The molecule has 0 amide bonds. The normalized spacial score (nSPS) is 10.5. The van der Waals surface area contributed by atoms with Crippen molar-refractivity contribution in [1.82, 2.24) is 4.37 Å². The van der Waals surface area contributed by atoms with Crippen LogP contribution in [0, 0.1) is 0 Å². The molecular weight excluding hydrogens is 234 g/mol. The zero-order valence-corrected chi connectivity index (χ0v) is 9.56. The fraction of sp³-hybridized carbons (Fsp3) is 0.200. The van der Waals surface area contributed by atoms with Gasteiger partial charge in [-0.05, 0) is 23.7 Å². The average Bonchev–Trinajstić information content (AvgIpc) is 2.60. The van der Waals surface area contributed by atoms with Crippen molar-refractivity contribution in [3.8, 4) is 0 Å². The summed E-state index contributed by atoms with van der Waals surface area (Å²) in [6, 6.07) is 5.45. The van der Waals surface area contributed by atoms with Gasteiger partial charge in [0.2, 0.25) is 0 Å². The lowest BCUT2D eigenvalue weighted by molar-refractivity contribution is -0.139. The van der Waals surface area contributed by atoms with Gasteiger partial charge in [-0.25, -0.2) is 0 Å². The van der Waals surface area contributed by atoms with Crippen LogP contribution in [0.4, 0.5) is 0 Å². The van der Waals surface area contributed by atoms with Crippen LogP contribution in [-0.4, -0.2) is 17.5 Å². The molecule has 2 aromatic rings. The van der Waals surface area contributed by atoms with Crippen LogP contribution in [0.15, 0.2) is 18.2 Å². The van der Waals surface area contributed by atoms with Gasteiger partial charge in [-0.15, -0.1) is 0 Å². The van der Waals surface area contributed by atoms with Crippen molar-refractivity contribution in [2.75, 3.05) is 7.11 Å². The first-order valence-corrected chi connectivity index (χ1v) is 5.46. The first kappa shape index (κ1) is 10.4. The molecule has 0 aliphatic heterocycles. The Bertz CT molecular complexity index is 509. The molecule has 0 saturated carbocycles. The minimum atomic E-state index is -0.254. The number of nitrogens with zero attached hydrogens (tertiary/aromatic N) is 1. The van der Waals surface area contributed by atoms with Crippen molar-refractivity contribution in [3.63, 3.8) is 0 Å². The van der Waals surface area contributed by atoms with Crippen LogP contribution in [0.5, 0.6) is 0 Å². The second-order valence-corrected chi connectivity index (χ2v) is 4.31. The highest BCUT2D eigenvalue weighted by atomic mass is 35.5. The van der Waals surface area contributed by atoms with Gasteiger partial charge in [0.05, 0.1) is 19.0 Å². The number of rotatable bonds is 2. The number of fused-ring (bicyclic) bond motifs is 1. The monoisotopic (exact) mass is 241 g/mol. The highest BCUT2D eigenvalue weighted by Gasteiger charge is 2.10. The lowest BCUT2D eigenvalue weighted by Gasteiger charge is -1.96. The van der Waals surface area contributed by atoms with E-state index in [0.29, 0.717) is 5.02 Å². The Hall–Kier alpha value is -1.13. The largest absolute Gasteiger partial charge is 0.469 e. The van der Waals surface area contributed by atoms with Crippen molar-refractivity contribution < 1.29 is 9.53 Å². The molecule has 3 nitrogen and oxygen atoms in total. The molecule has 5 heteroatoms. The van der Waals surface area contributed by atoms with Gasteiger partial charge in [0.1, 0.15) is 0 Å². The highest BCUT2D eigenvalue weighted by molar-refractivity contribution is 7.07. The molecule has 78 valence electrons. The van der Waals surface area contributed by atoms with E-state index in [1.165, 1.54) is 18.6 Å².